The Bertz CT molecular complexity index is 991. The van der Waals surface area contributed by atoms with E-state index in [1.165, 1.54) is 17.1 Å². The van der Waals surface area contributed by atoms with Gasteiger partial charge >= 0.3 is 0 Å². The highest BCUT2D eigenvalue weighted by Crippen LogP contribution is 2.24. The molecule has 0 amide bonds. The first-order chi connectivity index (χ1) is 15.1. The van der Waals surface area contributed by atoms with Gasteiger partial charge in [-0.2, -0.15) is 9.67 Å². The van der Waals surface area contributed by atoms with E-state index in [4.69, 9.17) is 4.74 Å². The summed E-state index contributed by atoms with van der Waals surface area (Å²) in [5, 5.41) is 20.2. The molecule has 0 saturated carbocycles. The molecule has 31 heavy (non-hydrogen) atoms. The average molecular weight is 427 g/mol. The number of rotatable bonds is 8. The van der Waals surface area contributed by atoms with Gasteiger partial charge in [0.1, 0.15) is 12.4 Å². The van der Waals surface area contributed by atoms with E-state index in [-0.39, 0.29) is 17.9 Å². The van der Waals surface area contributed by atoms with Gasteiger partial charge in [0.05, 0.1) is 24.7 Å². The Morgan fingerprint density at radius 2 is 2.10 bits per heavy atom. The molecule has 3 aromatic rings. The first-order valence-electron chi connectivity index (χ1n) is 10.4. The molecule has 3 heterocycles. The minimum atomic E-state index is -0.590. The number of anilines is 2. The molecule has 9 nitrogen and oxygen atoms in total. The van der Waals surface area contributed by atoms with Crippen LogP contribution in [-0.4, -0.2) is 67.3 Å². The normalized spacial score (nSPS) is 15.2. The molecule has 1 aliphatic heterocycles. The highest BCUT2D eigenvalue weighted by atomic mass is 19.1. The molecule has 0 atom stereocenters. The monoisotopic (exact) mass is 427 g/mol. The van der Waals surface area contributed by atoms with Crippen molar-refractivity contribution in [2.75, 3.05) is 31.6 Å². The lowest BCUT2D eigenvalue weighted by Gasteiger charge is -2.29. The summed E-state index contributed by atoms with van der Waals surface area (Å²) in [5.41, 5.74) is 1.85. The fourth-order valence-corrected chi connectivity index (χ4v) is 3.49. The highest BCUT2D eigenvalue weighted by Gasteiger charge is 2.16. The molecule has 1 aliphatic rings. The van der Waals surface area contributed by atoms with Gasteiger partial charge in [-0.3, -0.25) is 4.90 Å². The first-order valence-corrected chi connectivity index (χ1v) is 10.4. The summed E-state index contributed by atoms with van der Waals surface area (Å²) >= 11 is 0. The average Bonchev–Trinajstić information content (AvgIpc) is 3.31. The van der Waals surface area contributed by atoms with Crippen LogP contribution < -0.4 is 10.1 Å². The van der Waals surface area contributed by atoms with Crippen molar-refractivity contribution >= 4 is 11.6 Å². The topological polar surface area (TPSA) is 101 Å². The quantitative estimate of drug-likeness (QED) is 0.565. The number of nitrogens with one attached hydrogen (secondary N) is 1. The maximum Gasteiger partial charge on any atom is 0.229 e. The van der Waals surface area contributed by atoms with Gasteiger partial charge in [-0.25, -0.2) is 9.37 Å². The minimum Gasteiger partial charge on any atom is -0.492 e. The summed E-state index contributed by atoms with van der Waals surface area (Å²) in [6.45, 7) is 5.23. The van der Waals surface area contributed by atoms with E-state index in [0.717, 1.165) is 62.1 Å². The third-order valence-electron chi connectivity index (χ3n) is 5.23. The number of likely N-dealkylation sites (tertiary alicyclic amines) is 1. The zero-order valence-corrected chi connectivity index (χ0v) is 17.4. The lowest BCUT2D eigenvalue weighted by atomic mass is 10.1. The van der Waals surface area contributed by atoms with Crippen molar-refractivity contribution in [2.45, 2.75) is 32.3 Å². The second-order valence-electron chi connectivity index (χ2n) is 7.48. The Kier molecular flexibility index (Phi) is 6.68. The van der Waals surface area contributed by atoms with Crippen LogP contribution in [0.25, 0.3) is 5.82 Å². The molecule has 1 fully saturated rings. The van der Waals surface area contributed by atoms with Gasteiger partial charge in [0.15, 0.2) is 11.6 Å². The highest BCUT2D eigenvalue weighted by molar-refractivity contribution is 5.58. The van der Waals surface area contributed by atoms with Crippen LogP contribution in [0.3, 0.4) is 0 Å². The Labute approximate surface area is 179 Å². The second-order valence-corrected chi connectivity index (χ2v) is 7.48. The largest absolute Gasteiger partial charge is 0.492 e. The first kappa shape index (κ1) is 21.1. The predicted molar refractivity (Wildman–Crippen MR) is 113 cm³/mol. The van der Waals surface area contributed by atoms with Crippen molar-refractivity contribution in [1.29, 1.82) is 0 Å². The number of piperidine rings is 1. The zero-order valence-electron chi connectivity index (χ0n) is 17.4. The molecule has 164 valence electrons. The van der Waals surface area contributed by atoms with Crippen LogP contribution in [0.1, 0.15) is 25.3 Å². The van der Waals surface area contributed by atoms with Gasteiger partial charge in [-0.1, -0.05) is 12.1 Å². The Hall–Kier alpha value is -3.11. The van der Waals surface area contributed by atoms with Gasteiger partial charge < -0.3 is 15.2 Å². The molecular formula is C21H26FN7O2. The van der Waals surface area contributed by atoms with E-state index in [1.54, 1.807) is 0 Å². The van der Waals surface area contributed by atoms with Gasteiger partial charge in [0, 0.05) is 31.4 Å². The van der Waals surface area contributed by atoms with Crippen LogP contribution in [0.4, 0.5) is 16.0 Å². The van der Waals surface area contributed by atoms with E-state index < -0.39 is 5.82 Å². The van der Waals surface area contributed by atoms with Crippen molar-refractivity contribution in [3.63, 3.8) is 0 Å². The molecular weight excluding hydrogens is 401 g/mol. The summed E-state index contributed by atoms with van der Waals surface area (Å²) in [5.74, 6) is 0.424. The zero-order chi connectivity index (χ0) is 21.6. The maximum atomic E-state index is 14.1. The van der Waals surface area contributed by atoms with E-state index >= 15 is 0 Å². The summed E-state index contributed by atoms with van der Waals surface area (Å²) in [7, 11) is 0. The fourth-order valence-electron chi connectivity index (χ4n) is 3.49. The van der Waals surface area contributed by atoms with E-state index in [2.05, 4.69) is 37.4 Å². The van der Waals surface area contributed by atoms with Gasteiger partial charge in [0.2, 0.25) is 5.95 Å². The molecule has 1 saturated heterocycles. The van der Waals surface area contributed by atoms with E-state index in [9.17, 15) is 9.50 Å². The number of aliphatic hydroxyl groups excluding tert-OH is 1. The summed E-state index contributed by atoms with van der Waals surface area (Å²) in [6, 6.07) is 5.87. The van der Waals surface area contributed by atoms with Crippen LogP contribution in [0.5, 0.6) is 5.75 Å². The predicted octanol–water partition coefficient (Wildman–Crippen LogP) is 2.34. The standard InChI is InChI=1S/C21H26FN7O2/c1-2-15-11-16(13-18(12-15)31-10-9-28-6-3-17(30)4-7-28)25-21-23-14-19(22)20(26-21)29-8-5-24-27-29/h5,8,11-14,17,30H,2-4,6-7,9-10H2,1H3,(H,23,25,26). The van der Waals surface area contributed by atoms with Crippen molar-refractivity contribution in [3.8, 4) is 11.6 Å². The van der Waals surface area contributed by atoms with Crippen molar-refractivity contribution < 1.29 is 14.2 Å². The molecule has 2 N–H and O–H groups in total. The van der Waals surface area contributed by atoms with Gasteiger partial charge in [0.25, 0.3) is 0 Å². The number of benzene rings is 1. The molecule has 4 rings (SSSR count). The molecule has 0 radical (unpaired) electrons. The van der Waals surface area contributed by atoms with Crippen molar-refractivity contribution in [3.05, 3.63) is 48.2 Å². The smallest absolute Gasteiger partial charge is 0.229 e. The van der Waals surface area contributed by atoms with Gasteiger partial charge in [-0.15, -0.1) is 5.10 Å². The Morgan fingerprint density at radius 1 is 1.26 bits per heavy atom. The summed E-state index contributed by atoms with van der Waals surface area (Å²) in [4.78, 5) is 10.6. The van der Waals surface area contributed by atoms with Crippen LogP contribution in [0.15, 0.2) is 36.8 Å². The molecule has 1 aromatic carbocycles. The second kappa shape index (κ2) is 9.80. The number of hydrogen-bond acceptors (Lipinski definition) is 8. The molecule has 2 aromatic heterocycles. The molecule has 10 heteroatoms. The van der Waals surface area contributed by atoms with Crippen LogP contribution in [0.2, 0.25) is 0 Å². The maximum absolute atomic E-state index is 14.1. The number of aliphatic hydroxyl groups is 1. The van der Waals surface area contributed by atoms with Gasteiger partial charge in [-0.05, 0) is 37.0 Å². The fraction of sp³-hybridized carbons (Fsp3) is 0.429. The molecule has 0 aliphatic carbocycles. The number of ether oxygens (including phenoxy) is 1. The Morgan fingerprint density at radius 3 is 2.84 bits per heavy atom. The molecule has 0 bridgehead atoms. The summed E-state index contributed by atoms with van der Waals surface area (Å²) < 4.78 is 21.3. The van der Waals surface area contributed by atoms with Crippen molar-refractivity contribution in [1.82, 2.24) is 29.9 Å². The summed E-state index contributed by atoms with van der Waals surface area (Å²) in [6.07, 6.45) is 6.36. The lowest BCUT2D eigenvalue weighted by molar-refractivity contribution is 0.0755. The SMILES string of the molecule is CCc1cc(Nc2ncc(F)c(-n3ccnn3)n2)cc(OCCN2CCC(O)CC2)c1. The third-order valence-corrected chi connectivity index (χ3v) is 5.23. The van der Waals surface area contributed by atoms with E-state index in [1.807, 2.05) is 18.2 Å². The number of nitrogens with zero attached hydrogens (tertiary/aromatic N) is 6. The number of aryl methyl sites for hydroxylation is 1. The molecule has 0 spiro atoms. The minimum absolute atomic E-state index is 0.0183. The number of aromatic nitrogens is 5. The van der Waals surface area contributed by atoms with Crippen LogP contribution in [0, 0.1) is 5.82 Å². The van der Waals surface area contributed by atoms with Crippen molar-refractivity contribution in [2.24, 2.45) is 0 Å². The van der Waals surface area contributed by atoms with E-state index in [0.29, 0.717) is 6.61 Å². The van der Waals surface area contributed by atoms with Crippen LogP contribution in [-0.2, 0) is 6.42 Å². The Balaban J connectivity index is 1.43. The van der Waals surface area contributed by atoms with Crippen LogP contribution >= 0.6 is 0 Å². The molecule has 0 unspecified atom stereocenters. The number of halogens is 1. The lowest BCUT2D eigenvalue weighted by Crippen LogP contribution is -2.38. The third kappa shape index (κ3) is 5.53. The number of hydrogen-bond donors (Lipinski definition) is 2.